The Kier molecular flexibility index (Phi) is 7.28. The van der Waals surface area contributed by atoms with Crippen LogP contribution in [0.1, 0.15) is 31.2 Å². The molecule has 0 fully saturated rings. The number of allylic oxidation sites excluding steroid dienone is 2. The Hall–Kier alpha value is -0.560. The standard InChI is InChI=1S/C14H19Br/c15-13-9-4-2-1-3-6-10-14-11-7-5-8-12-14/h3,5-8,11-12H,1-2,4,9-10,13H2/b6-3+. The van der Waals surface area contributed by atoms with Crippen molar-refractivity contribution in [3.63, 3.8) is 0 Å². The Morgan fingerprint density at radius 1 is 0.933 bits per heavy atom. The highest BCUT2D eigenvalue weighted by atomic mass is 79.9. The van der Waals surface area contributed by atoms with E-state index in [0.29, 0.717) is 0 Å². The van der Waals surface area contributed by atoms with Gasteiger partial charge in [-0.25, -0.2) is 0 Å². The van der Waals surface area contributed by atoms with Crippen molar-refractivity contribution in [2.24, 2.45) is 0 Å². The number of benzene rings is 1. The van der Waals surface area contributed by atoms with Crippen molar-refractivity contribution in [1.29, 1.82) is 0 Å². The van der Waals surface area contributed by atoms with Crippen LogP contribution in [-0.2, 0) is 6.42 Å². The highest BCUT2D eigenvalue weighted by molar-refractivity contribution is 9.09. The molecule has 0 heterocycles. The Balaban J connectivity index is 2.07. The zero-order valence-corrected chi connectivity index (χ0v) is 10.7. The van der Waals surface area contributed by atoms with Gasteiger partial charge in [0.2, 0.25) is 0 Å². The third kappa shape index (κ3) is 6.51. The van der Waals surface area contributed by atoms with Crippen LogP contribution in [0.5, 0.6) is 0 Å². The molecule has 0 amide bonds. The lowest BCUT2D eigenvalue weighted by atomic mass is 10.1. The molecule has 0 saturated carbocycles. The van der Waals surface area contributed by atoms with E-state index in [1.807, 2.05) is 0 Å². The van der Waals surface area contributed by atoms with Crippen LogP contribution in [0.4, 0.5) is 0 Å². The van der Waals surface area contributed by atoms with Crippen molar-refractivity contribution in [3.8, 4) is 0 Å². The van der Waals surface area contributed by atoms with E-state index in [1.54, 1.807) is 0 Å². The van der Waals surface area contributed by atoms with Gasteiger partial charge in [0.05, 0.1) is 0 Å². The normalized spacial score (nSPS) is 11.0. The second-order valence-electron chi connectivity index (χ2n) is 3.70. The number of hydrogen-bond acceptors (Lipinski definition) is 0. The molecule has 1 heteroatoms. The summed E-state index contributed by atoms with van der Waals surface area (Å²) in [4.78, 5) is 0. The van der Waals surface area contributed by atoms with Gasteiger partial charge in [0, 0.05) is 5.33 Å². The van der Waals surface area contributed by atoms with Gasteiger partial charge >= 0.3 is 0 Å². The molecule has 1 aromatic carbocycles. The number of alkyl halides is 1. The average molecular weight is 267 g/mol. The first kappa shape index (κ1) is 12.5. The molecular formula is C14H19Br. The van der Waals surface area contributed by atoms with E-state index in [-0.39, 0.29) is 0 Å². The van der Waals surface area contributed by atoms with Crippen molar-refractivity contribution in [1.82, 2.24) is 0 Å². The van der Waals surface area contributed by atoms with Gasteiger partial charge < -0.3 is 0 Å². The zero-order valence-electron chi connectivity index (χ0n) is 9.16. The van der Waals surface area contributed by atoms with Gasteiger partial charge in [-0.15, -0.1) is 0 Å². The Bertz CT molecular complexity index is 264. The first-order valence-electron chi connectivity index (χ1n) is 5.68. The summed E-state index contributed by atoms with van der Waals surface area (Å²) >= 11 is 3.44. The van der Waals surface area contributed by atoms with Crippen molar-refractivity contribution in [3.05, 3.63) is 48.0 Å². The summed E-state index contributed by atoms with van der Waals surface area (Å²) in [6.07, 6.45) is 10.8. The quantitative estimate of drug-likeness (QED) is 0.380. The van der Waals surface area contributed by atoms with E-state index >= 15 is 0 Å². The van der Waals surface area contributed by atoms with Crippen LogP contribution in [0.15, 0.2) is 42.5 Å². The number of rotatable bonds is 7. The fourth-order valence-electron chi connectivity index (χ4n) is 1.48. The molecule has 1 rings (SSSR count). The molecule has 82 valence electrons. The lowest BCUT2D eigenvalue weighted by Gasteiger charge is -1.95. The molecule has 0 saturated heterocycles. The summed E-state index contributed by atoms with van der Waals surface area (Å²) in [7, 11) is 0. The van der Waals surface area contributed by atoms with E-state index in [4.69, 9.17) is 0 Å². The molecule has 0 nitrogen and oxygen atoms in total. The summed E-state index contributed by atoms with van der Waals surface area (Å²) in [6.45, 7) is 0. The van der Waals surface area contributed by atoms with E-state index in [0.717, 1.165) is 11.8 Å². The molecule has 0 spiro atoms. The molecule has 1 aromatic rings. The summed E-state index contributed by atoms with van der Waals surface area (Å²) in [5.74, 6) is 0. The number of unbranched alkanes of at least 4 members (excludes halogenated alkanes) is 3. The molecule has 0 aliphatic heterocycles. The second-order valence-corrected chi connectivity index (χ2v) is 4.49. The summed E-state index contributed by atoms with van der Waals surface area (Å²) in [6, 6.07) is 10.6. The fourth-order valence-corrected chi connectivity index (χ4v) is 1.88. The zero-order chi connectivity index (χ0) is 10.8. The fraction of sp³-hybridized carbons (Fsp3) is 0.429. The molecule has 0 atom stereocenters. The second kappa shape index (κ2) is 8.72. The first-order valence-corrected chi connectivity index (χ1v) is 6.80. The largest absolute Gasteiger partial charge is 0.0928 e. The maximum absolute atomic E-state index is 3.44. The predicted molar refractivity (Wildman–Crippen MR) is 71.5 cm³/mol. The number of halogens is 1. The van der Waals surface area contributed by atoms with Crippen LogP contribution >= 0.6 is 15.9 Å². The summed E-state index contributed by atoms with van der Waals surface area (Å²) in [5, 5.41) is 1.14. The van der Waals surface area contributed by atoms with Crippen LogP contribution in [0, 0.1) is 0 Å². The molecule has 15 heavy (non-hydrogen) atoms. The molecule has 0 aliphatic rings. The molecular weight excluding hydrogens is 248 g/mol. The monoisotopic (exact) mass is 266 g/mol. The van der Waals surface area contributed by atoms with Gasteiger partial charge in [0.25, 0.3) is 0 Å². The van der Waals surface area contributed by atoms with E-state index in [2.05, 4.69) is 58.4 Å². The van der Waals surface area contributed by atoms with Crippen LogP contribution in [0.3, 0.4) is 0 Å². The Morgan fingerprint density at radius 3 is 2.47 bits per heavy atom. The maximum atomic E-state index is 3.44. The highest BCUT2D eigenvalue weighted by Gasteiger charge is 1.87. The molecule has 0 N–H and O–H groups in total. The molecule has 0 radical (unpaired) electrons. The SMILES string of the molecule is BrCCCCC/C=C/Cc1ccccc1. The summed E-state index contributed by atoms with van der Waals surface area (Å²) < 4.78 is 0. The minimum Gasteiger partial charge on any atom is -0.0928 e. The highest BCUT2D eigenvalue weighted by Crippen LogP contribution is 2.04. The van der Waals surface area contributed by atoms with Crippen LogP contribution in [-0.4, -0.2) is 5.33 Å². The molecule has 0 bridgehead atoms. The van der Waals surface area contributed by atoms with E-state index in [9.17, 15) is 0 Å². The molecule has 0 unspecified atom stereocenters. The van der Waals surface area contributed by atoms with Crippen LogP contribution < -0.4 is 0 Å². The van der Waals surface area contributed by atoms with Gasteiger partial charge in [-0.3, -0.25) is 0 Å². The minimum absolute atomic E-state index is 1.07. The van der Waals surface area contributed by atoms with Crippen LogP contribution in [0.2, 0.25) is 0 Å². The summed E-state index contributed by atoms with van der Waals surface area (Å²) in [5.41, 5.74) is 1.40. The van der Waals surface area contributed by atoms with Crippen molar-refractivity contribution < 1.29 is 0 Å². The third-order valence-corrected chi connectivity index (χ3v) is 2.93. The average Bonchev–Trinajstić information content (AvgIpc) is 2.29. The number of hydrogen-bond donors (Lipinski definition) is 0. The Labute approximate surface area is 102 Å². The smallest absolute Gasteiger partial charge is 0.00313 e. The van der Waals surface area contributed by atoms with Gasteiger partial charge in [0.1, 0.15) is 0 Å². The van der Waals surface area contributed by atoms with E-state index in [1.165, 1.54) is 31.2 Å². The topological polar surface area (TPSA) is 0 Å². The molecule has 0 aliphatic carbocycles. The van der Waals surface area contributed by atoms with Crippen molar-refractivity contribution in [2.75, 3.05) is 5.33 Å². The van der Waals surface area contributed by atoms with Crippen LogP contribution in [0.25, 0.3) is 0 Å². The van der Waals surface area contributed by atoms with Gasteiger partial charge in [-0.2, -0.15) is 0 Å². The van der Waals surface area contributed by atoms with Gasteiger partial charge in [0.15, 0.2) is 0 Å². The predicted octanol–water partition coefficient (Wildman–Crippen LogP) is 4.74. The molecule has 0 aromatic heterocycles. The van der Waals surface area contributed by atoms with E-state index < -0.39 is 0 Å². The van der Waals surface area contributed by atoms with Crippen molar-refractivity contribution in [2.45, 2.75) is 32.1 Å². The van der Waals surface area contributed by atoms with Gasteiger partial charge in [-0.05, 0) is 31.2 Å². The lowest BCUT2D eigenvalue weighted by molar-refractivity contribution is 0.736. The minimum atomic E-state index is 1.07. The van der Waals surface area contributed by atoms with Gasteiger partial charge in [-0.1, -0.05) is 64.8 Å². The van der Waals surface area contributed by atoms with Crippen molar-refractivity contribution >= 4 is 15.9 Å². The lowest BCUT2D eigenvalue weighted by Crippen LogP contribution is -1.79. The Morgan fingerprint density at radius 2 is 1.73 bits per heavy atom. The third-order valence-electron chi connectivity index (χ3n) is 2.37. The maximum Gasteiger partial charge on any atom is 0.00313 e. The first-order chi connectivity index (χ1) is 7.43.